The fourth-order valence-corrected chi connectivity index (χ4v) is 2.51. The zero-order valence-electron chi connectivity index (χ0n) is 13.0. The zero-order valence-corrected chi connectivity index (χ0v) is 13.0. The number of anilines is 1. The van der Waals surface area contributed by atoms with Crippen LogP contribution in [0.3, 0.4) is 0 Å². The molecule has 6 nitrogen and oxygen atoms in total. The van der Waals surface area contributed by atoms with E-state index in [-0.39, 0.29) is 18.4 Å². The van der Waals surface area contributed by atoms with E-state index in [0.29, 0.717) is 17.8 Å². The first kappa shape index (κ1) is 16.5. The summed E-state index contributed by atoms with van der Waals surface area (Å²) in [5.74, 6) is -0.183. The molecule has 1 saturated heterocycles. The summed E-state index contributed by atoms with van der Waals surface area (Å²) in [5.41, 5.74) is 1.29. The van der Waals surface area contributed by atoms with Gasteiger partial charge in [0.15, 0.2) is 0 Å². The van der Waals surface area contributed by atoms with Crippen molar-refractivity contribution in [3.8, 4) is 0 Å². The van der Waals surface area contributed by atoms with E-state index in [9.17, 15) is 9.59 Å². The van der Waals surface area contributed by atoms with Crippen LogP contribution in [0.25, 0.3) is 0 Å². The van der Waals surface area contributed by atoms with E-state index >= 15 is 0 Å². The Bertz CT molecular complexity index is 495. The summed E-state index contributed by atoms with van der Waals surface area (Å²) >= 11 is 0. The molecule has 0 unspecified atom stereocenters. The topological polar surface area (TPSA) is 73.5 Å². The molecule has 6 heteroatoms. The molecule has 1 aromatic rings. The molecule has 0 saturated carbocycles. The predicted octanol–water partition coefficient (Wildman–Crippen LogP) is 0.670. The molecule has 0 aliphatic carbocycles. The van der Waals surface area contributed by atoms with Crippen molar-refractivity contribution in [2.24, 2.45) is 0 Å². The molecular formula is C16H24N4O2. The SMILES string of the molecule is CNCC(=O)Nc1ccc(C(=O)NCCN2CCCC2)cc1. The lowest BCUT2D eigenvalue weighted by Gasteiger charge is -2.14. The predicted molar refractivity (Wildman–Crippen MR) is 87.0 cm³/mol. The maximum atomic E-state index is 12.0. The van der Waals surface area contributed by atoms with Crippen molar-refractivity contribution in [3.05, 3.63) is 29.8 Å². The number of carbonyl (C=O) groups is 2. The standard InChI is InChI=1S/C16H24N4O2/c1-17-12-15(21)19-14-6-4-13(5-7-14)16(22)18-8-11-20-9-2-3-10-20/h4-7,17H,2-3,8-12H2,1H3,(H,18,22)(H,19,21). The zero-order chi connectivity index (χ0) is 15.8. The molecule has 2 rings (SSSR count). The van der Waals surface area contributed by atoms with Crippen molar-refractivity contribution < 1.29 is 9.59 Å². The Morgan fingerprint density at radius 2 is 1.82 bits per heavy atom. The fourth-order valence-electron chi connectivity index (χ4n) is 2.51. The van der Waals surface area contributed by atoms with Crippen LogP contribution in [0.4, 0.5) is 5.69 Å². The van der Waals surface area contributed by atoms with Crippen LogP contribution >= 0.6 is 0 Å². The van der Waals surface area contributed by atoms with Crippen LogP contribution in [0.1, 0.15) is 23.2 Å². The summed E-state index contributed by atoms with van der Waals surface area (Å²) in [6, 6.07) is 6.92. The second-order valence-corrected chi connectivity index (χ2v) is 5.46. The minimum atomic E-state index is -0.106. The van der Waals surface area contributed by atoms with E-state index in [0.717, 1.165) is 19.6 Å². The summed E-state index contributed by atoms with van der Waals surface area (Å²) < 4.78 is 0. The molecule has 22 heavy (non-hydrogen) atoms. The Morgan fingerprint density at radius 3 is 2.45 bits per heavy atom. The Hall–Kier alpha value is -1.92. The molecule has 1 aliphatic heterocycles. The molecule has 0 aromatic heterocycles. The summed E-state index contributed by atoms with van der Waals surface area (Å²) in [6.07, 6.45) is 2.52. The molecule has 0 spiro atoms. The minimum Gasteiger partial charge on any atom is -0.351 e. The second kappa shape index (κ2) is 8.51. The second-order valence-electron chi connectivity index (χ2n) is 5.46. The van der Waals surface area contributed by atoms with Crippen molar-refractivity contribution in [2.45, 2.75) is 12.8 Å². The number of benzene rings is 1. The summed E-state index contributed by atoms with van der Waals surface area (Å²) in [5, 5.41) is 8.46. The van der Waals surface area contributed by atoms with Gasteiger partial charge in [-0.2, -0.15) is 0 Å². The molecule has 1 aliphatic rings. The number of likely N-dealkylation sites (tertiary alicyclic amines) is 1. The van der Waals surface area contributed by atoms with Gasteiger partial charge in [-0.05, 0) is 57.2 Å². The van der Waals surface area contributed by atoms with E-state index in [1.165, 1.54) is 12.8 Å². The van der Waals surface area contributed by atoms with E-state index in [1.807, 2.05) is 0 Å². The number of hydrogen-bond acceptors (Lipinski definition) is 4. The number of likely N-dealkylation sites (N-methyl/N-ethyl adjacent to an activating group) is 1. The third kappa shape index (κ3) is 5.13. The molecule has 3 N–H and O–H groups in total. The monoisotopic (exact) mass is 304 g/mol. The smallest absolute Gasteiger partial charge is 0.251 e. The van der Waals surface area contributed by atoms with Gasteiger partial charge in [0, 0.05) is 24.3 Å². The van der Waals surface area contributed by atoms with Crippen LogP contribution in [0.15, 0.2) is 24.3 Å². The largest absolute Gasteiger partial charge is 0.351 e. The van der Waals surface area contributed by atoms with Crippen molar-refractivity contribution in [3.63, 3.8) is 0 Å². The average Bonchev–Trinajstić information content (AvgIpc) is 3.01. The fraction of sp³-hybridized carbons (Fsp3) is 0.500. The van der Waals surface area contributed by atoms with Gasteiger partial charge in [-0.1, -0.05) is 0 Å². The number of nitrogens with one attached hydrogen (secondary N) is 3. The Kier molecular flexibility index (Phi) is 6.36. The highest BCUT2D eigenvalue weighted by Crippen LogP contribution is 2.09. The number of amides is 2. The molecule has 2 amide bonds. The van der Waals surface area contributed by atoms with Crippen LogP contribution < -0.4 is 16.0 Å². The van der Waals surface area contributed by atoms with Gasteiger partial charge in [0.1, 0.15) is 0 Å². The van der Waals surface area contributed by atoms with E-state index < -0.39 is 0 Å². The lowest BCUT2D eigenvalue weighted by molar-refractivity contribution is -0.115. The van der Waals surface area contributed by atoms with Gasteiger partial charge < -0.3 is 20.9 Å². The highest BCUT2D eigenvalue weighted by Gasteiger charge is 2.11. The van der Waals surface area contributed by atoms with Crippen LogP contribution in [-0.2, 0) is 4.79 Å². The van der Waals surface area contributed by atoms with Crippen molar-refractivity contribution in [2.75, 3.05) is 45.1 Å². The number of carbonyl (C=O) groups excluding carboxylic acids is 2. The minimum absolute atomic E-state index is 0.0766. The first-order valence-electron chi connectivity index (χ1n) is 7.74. The van der Waals surface area contributed by atoms with Gasteiger partial charge in [-0.15, -0.1) is 0 Å². The average molecular weight is 304 g/mol. The Balaban J connectivity index is 1.76. The summed E-state index contributed by atoms with van der Waals surface area (Å²) in [6.45, 7) is 4.11. The molecule has 1 aromatic carbocycles. The first-order valence-corrected chi connectivity index (χ1v) is 7.74. The van der Waals surface area contributed by atoms with Gasteiger partial charge in [-0.25, -0.2) is 0 Å². The molecule has 0 radical (unpaired) electrons. The third-order valence-electron chi connectivity index (χ3n) is 3.68. The highest BCUT2D eigenvalue weighted by molar-refractivity contribution is 5.96. The Labute approximate surface area is 131 Å². The van der Waals surface area contributed by atoms with Gasteiger partial charge in [0.25, 0.3) is 5.91 Å². The molecule has 0 bridgehead atoms. The number of rotatable bonds is 7. The quantitative estimate of drug-likeness (QED) is 0.692. The summed E-state index contributed by atoms with van der Waals surface area (Å²) in [7, 11) is 1.72. The molecule has 1 heterocycles. The maximum Gasteiger partial charge on any atom is 0.251 e. The van der Waals surface area contributed by atoms with Gasteiger partial charge in [-0.3, -0.25) is 9.59 Å². The molecular weight excluding hydrogens is 280 g/mol. The molecule has 0 atom stereocenters. The molecule has 120 valence electrons. The highest BCUT2D eigenvalue weighted by atomic mass is 16.2. The van der Waals surface area contributed by atoms with E-state index in [4.69, 9.17) is 0 Å². The third-order valence-corrected chi connectivity index (χ3v) is 3.68. The summed E-state index contributed by atoms with van der Waals surface area (Å²) in [4.78, 5) is 25.8. The first-order chi connectivity index (χ1) is 10.7. The van der Waals surface area contributed by atoms with Crippen molar-refractivity contribution in [1.82, 2.24) is 15.5 Å². The van der Waals surface area contributed by atoms with Crippen LogP contribution in [-0.4, -0.2) is 56.5 Å². The van der Waals surface area contributed by atoms with E-state index in [1.54, 1.807) is 31.3 Å². The lowest BCUT2D eigenvalue weighted by atomic mass is 10.2. The van der Waals surface area contributed by atoms with Gasteiger partial charge in [0.05, 0.1) is 6.54 Å². The van der Waals surface area contributed by atoms with E-state index in [2.05, 4.69) is 20.9 Å². The van der Waals surface area contributed by atoms with Crippen molar-refractivity contribution >= 4 is 17.5 Å². The number of nitrogens with zero attached hydrogens (tertiary/aromatic N) is 1. The van der Waals surface area contributed by atoms with Crippen molar-refractivity contribution in [1.29, 1.82) is 0 Å². The lowest BCUT2D eigenvalue weighted by Crippen LogP contribution is -2.33. The maximum absolute atomic E-state index is 12.0. The van der Waals surface area contributed by atoms with Crippen LogP contribution in [0, 0.1) is 0 Å². The number of hydrogen-bond donors (Lipinski definition) is 3. The normalized spacial score (nSPS) is 14.8. The van der Waals surface area contributed by atoms with Gasteiger partial charge >= 0.3 is 0 Å². The molecule has 1 fully saturated rings. The van der Waals surface area contributed by atoms with Crippen LogP contribution in [0.2, 0.25) is 0 Å². The Morgan fingerprint density at radius 1 is 1.14 bits per heavy atom. The van der Waals surface area contributed by atoms with Crippen LogP contribution in [0.5, 0.6) is 0 Å². The van der Waals surface area contributed by atoms with Gasteiger partial charge in [0.2, 0.25) is 5.91 Å².